The smallest absolute Gasteiger partial charge is 0.394 e. The van der Waals surface area contributed by atoms with E-state index in [1.165, 1.54) is 38.4 Å². The third kappa shape index (κ3) is 14.2. The maximum absolute atomic E-state index is 12.9. The van der Waals surface area contributed by atoms with Gasteiger partial charge in [-0.15, -0.1) is 0 Å². The van der Waals surface area contributed by atoms with Crippen LogP contribution in [0.15, 0.2) is 268 Å². The van der Waals surface area contributed by atoms with Crippen molar-refractivity contribution in [3.05, 3.63) is 269 Å². The van der Waals surface area contributed by atoms with Crippen LogP contribution in [-0.4, -0.2) is 39.8 Å². The summed E-state index contributed by atoms with van der Waals surface area (Å²) >= 11 is 11.3. The number of furan rings is 1. The Morgan fingerprint density at radius 1 is 0.427 bits per heavy atom. The van der Waals surface area contributed by atoms with E-state index in [4.69, 9.17) is 26.7 Å². The molecule has 0 saturated heterocycles. The minimum absolute atomic E-state index is 0.0316. The summed E-state index contributed by atoms with van der Waals surface area (Å²) in [5.74, 6) is 0.647. The molecule has 0 aliphatic carbocycles. The zero-order chi connectivity index (χ0) is 57.8. The quantitative estimate of drug-likeness (QED) is 0.0486. The molecule has 0 aliphatic heterocycles. The molecule has 12 aromatic carbocycles. The molecule has 0 amide bonds. The molecular formula is C70H52Br2I2O7S. The average Bonchev–Trinajstić information content (AvgIpc) is 4.14. The molecule has 0 radical (unpaired) electrons. The van der Waals surface area contributed by atoms with Crippen LogP contribution in [0, 0.1) is 0 Å². The minimum Gasteiger partial charge on any atom is -0.485 e. The molecule has 12 heteroatoms. The highest BCUT2D eigenvalue weighted by molar-refractivity contribution is 14.1. The van der Waals surface area contributed by atoms with Crippen molar-refractivity contribution < 1.29 is 31.5 Å². The standard InChI is InChI=1S/C34H23BrO2.C34H21BrO.2CH3I.H2O4S/c35-29-15-11-25(12-16-29)33(36)22-37-34-21-28-19-26(23-7-3-1-4-8-23)13-17-30(28)31-18-14-27(20-32(31)34)24-9-5-2-6-10-24;35-27-15-11-24(12-16-27)32-21-36-34-31-20-26(23-9-5-2-6-10-23)14-18-29(31)28-17-13-25(19-30(28)33(32)34)22-7-3-1-4-8-22;2*1-2;1-5(2,3)4/h1-21H,22H2;1-21H;2*1H3;(H2,1,2,3,4). The second-order valence-electron chi connectivity index (χ2n) is 18.6. The lowest BCUT2D eigenvalue weighted by atomic mass is 9.91. The van der Waals surface area contributed by atoms with Crippen LogP contribution >= 0.6 is 77.0 Å². The van der Waals surface area contributed by atoms with Gasteiger partial charge in [-0.05, 0) is 147 Å². The van der Waals surface area contributed by atoms with E-state index in [0.29, 0.717) is 11.3 Å². The molecule has 13 aromatic rings. The highest BCUT2D eigenvalue weighted by atomic mass is 127. The van der Waals surface area contributed by atoms with E-state index in [0.717, 1.165) is 80.2 Å². The average molecular weight is 1450 g/mol. The topological polar surface area (TPSA) is 114 Å². The van der Waals surface area contributed by atoms with Crippen LogP contribution in [-0.2, 0) is 10.4 Å². The number of alkyl halides is 2. The van der Waals surface area contributed by atoms with E-state index in [1.807, 2.05) is 76.8 Å². The first-order valence-corrected chi connectivity index (χ1v) is 33.0. The van der Waals surface area contributed by atoms with Crippen LogP contribution < -0.4 is 4.74 Å². The number of halogens is 4. The van der Waals surface area contributed by atoms with Crippen molar-refractivity contribution in [3.8, 4) is 61.4 Å². The van der Waals surface area contributed by atoms with Gasteiger partial charge >= 0.3 is 10.4 Å². The molecule has 1 heterocycles. The largest absolute Gasteiger partial charge is 0.485 e. The number of carbonyl (C=O) groups excluding carboxylic acids is 1. The summed E-state index contributed by atoms with van der Waals surface area (Å²) < 4.78 is 46.2. The fraction of sp³-hybridized carbons (Fsp3) is 0.0429. The van der Waals surface area contributed by atoms with E-state index < -0.39 is 10.4 Å². The zero-order valence-corrected chi connectivity index (χ0v) is 52.6. The summed E-state index contributed by atoms with van der Waals surface area (Å²) in [4.78, 5) is 16.9. The van der Waals surface area contributed by atoms with Crippen LogP contribution in [0.4, 0.5) is 0 Å². The van der Waals surface area contributed by atoms with Gasteiger partial charge in [0.25, 0.3) is 0 Å². The molecule has 0 aliphatic rings. The third-order valence-corrected chi connectivity index (χ3v) is 14.7. The fourth-order valence-corrected chi connectivity index (χ4v) is 10.5. The summed E-state index contributed by atoms with van der Waals surface area (Å²) in [6.07, 6.45) is 1.91. The van der Waals surface area contributed by atoms with Crippen LogP contribution in [0.25, 0.3) is 110 Å². The lowest BCUT2D eigenvalue weighted by Gasteiger charge is -2.14. The highest BCUT2D eigenvalue weighted by Gasteiger charge is 2.19. The summed E-state index contributed by atoms with van der Waals surface area (Å²) in [5, 5.41) is 10.3. The number of carbonyl (C=O) groups is 1. The molecule has 13 rings (SSSR count). The molecule has 0 fully saturated rings. The van der Waals surface area contributed by atoms with Crippen molar-refractivity contribution in [2.24, 2.45) is 0 Å². The van der Waals surface area contributed by atoms with Crippen molar-refractivity contribution in [2.45, 2.75) is 0 Å². The van der Waals surface area contributed by atoms with Gasteiger partial charge in [0.05, 0.1) is 6.26 Å². The van der Waals surface area contributed by atoms with Gasteiger partial charge < -0.3 is 9.15 Å². The number of ketones is 1. The van der Waals surface area contributed by atoms with Crippen molar-refractivity contribution in [2.75, 3.05) is 16.5 Å². The first-order chi connectivity index (χ1) is 39.9. The van der Waals surface area contributed by atoms with Gasteiger partial charge in [-0.25, -0.2) is 0 Å². The van der Waals surface area contributed by atoms with Crippen molar-refractivity contribution >= 4 is 147 Å². The molecule has 82 heavy (non-hydrogen) atoms. The number of benzene rings is 12. The van der Waals surface area contributed by atoms with Gasteiger partial charge in [0.1, 0.15) is 11.3 Å². The van der Waals surface area contributed by atoms with Crippen LogP contribution in [0.2, 0.25) is 0 Å². The highest BCUT2D eigenvalue weighted by Crippen LogP contribution is 2.44. The number of hydrogen-bond acceptors (Lipinski definition) is 5. The Balaban J connectivity index is 0.000000173. The molecule has 0 atom stereocenters. The Morgan fingerprint density at radius 2 is 0.793 bits per heavy atom. The van der Waals surface area contributed by atoms with E-state index in [9.17, 15) is 4.79 Å². The Kier molecular flexibility index (Phi) is 20.2. The lowest BCUT2D eigenvalue weighted by molar-refractivity contribution is 0.0922. The molecule has 408 valence electrons. The summed E-state index contributed by atoms with van der Waals surface area (Å²) in [6.45, 7) is -0.0316. The van der Waals surface area contributed by atoms with Gasteiger partial charge in [-0.2, -0.15) is 8.42 Å². The molecule has 1 aromatic heterocycles. The third-order valence-electron chi connectivity index (χ3n) is 13.7. The number of rotatable bonds is 9. The van der Waals surface area contributed by atoms with Crippen molar-refractivity contribution in [1.82, 2.24) is 0 Å². The van der Waals surface area contributed by atoms with E-state index in [2.05, 4.69) is 265 Å². The lowest BCUT2D eigenvalue weighted by Crippen LogP contribution is -2.11. The number of ether oxygens (including phenoxy) is 1. The molecular weight excluding hydrogens is 1400 g/mol. The van der Waals surface area contributed by atoms with Gasteiger partial charge in [-0.3, -0.25) is 13.9 Å². The van der Waals surface area contributed by atoms with Crippen molar-refractivity contribution in [1.29, 1.82) is 0 Å². The molecule has 2 N–H and O–H groups in total. The molecule has 0 saturated carbocycles. The van der Waals surface area contributed by atoms with Crippen LogP contribution in [0.3, 0.4) is 0 Å². The fourth-order valence-electron chi connectivity index (χ4n) is 9.97. The Morgan fingerprint density at radius 3 is 1.26 bits per heavy atom. The normalized spacial score (nSPS) is 10.9. The summed E-state index contributed by atoms with van der Waals surface area (Å²) in [6, 6.07) is 86.2. The number of hydrogen-bond donors (Lipinski definition) is 2. The minimum atomic E-state index is -4.67. The van der Waals surface area contributed by atoms with Gasteiger partial charge in [-0.1, -0.05) is 271 Å². The van der Waals surface area contributed by atoms with Crippen molar-refractivity contribution in [3.63, 3.8) is 0 Å². The summed E-state index contributed by atoms with van der Waals surface area (Å²) in [7, 11) is -4.67. The van der Waals surface area contributed by atoms with Gasteiger partial charge in [0, 0.05) is 36.2 Å². The maximum atomic E-state index is 12.9. The van der Waals surface area contributed by atoms with Gasteiger partial charge in [0.15, 0.2) is 12.4 Å². The molecule has 7 nitrogen and oxygen atoms in total. The van der Waals surface area contributed by atoms with Crippen LogP contribution in [0.5, 0.6) is 5.75 Å². The number of Topliss-reactive ketones (excluding diaryl/α,β-unsaturated/α-hetero) is 1. The predicted molar refractivity (Wildman–Crippen MR) is 366 cm³/mol. The molecule has 0 bridgehead atoms. The van der Waals surface area contributed by atoms with E-state index >= 15 is 0 Å². The molecule has 0 unspecified atom stereocenters. The molecule has 0 spiro atoms. The second kappa shape index (κ2) is 27.8. The SMILES string of the molecule is Brc1ccc(-c2coc3c4cc(-c5ccccc5)ccc4c4ccc(-c5ccccc5)cc4c23)cc1.CI.CI.O=C(COc1cc2cc(-c3ccccc3)ccc2c2ccc(-c3ccccc3)cc12)c1ccc(Br)cc1.O=S(=O)(O)O. The monoisotopic (exact) mass is 1450 g/mol. The summed E-state index contributed by atoms with van der Waals surface area (Å²) in [5.41, 5.74) is 13.2. The van der Waals surface area contributed by atoms with E-state index in [1.54, 1.807) is 0 Å². The van der Waals surface area contributed by atoms with E-state index in [-0.39, 0.29) is 12.4 Å². The Bertz CT molecular complexity index is 4420. The zero-order valence-electron chi connectivity index (χ0n) is 44.3. The first-order valence-electron chi connectivity index (χ1n) is 25.7. The maximum Gasteiger partial charge on any atom is 0.394 e. The Labute approximate surface area is 521 Å². The Hall–Kier alpha value is -7.02. The first kappa shape index (κ1) is 59.6. The second-order valence-corrected chi connectivity index (χ2v) is 21.3. The number of fused-ring (bicyclic) bond motifs is 9. The van der Waals surface area contributed by atoms with Crippen LogP contribution in [0.1, 0.15) is 10.4 Å². The predicted octanol–water partition coefficient (Wildman–Crippen LogP) is 21.3. The van der Waals surface area contributed by atoms with Gasteiger partial charge in [0.2, 0.25) is 0 Å².